The van der Waals surface area contributed by atoms with Crippen LogP contribution >= 0.6 is 0 Å². The van der Waals surface area contributed by atoms with Gasteiger partial charge in [0.05, 0.1) is 5.54 Å². The van der Waals surface area contributed by atoms with E-state index in [0.717, 1.165) is 12.8 Å². The van der Waals surface area contributed by atoms with Crippen LogP contribution < -0.4 is 16.0 Å². The number of carbonyl (C=O) groups is 3. The molecule has 34 heavy (non-hydrogen) atoms. The molecule has 0 aromatic rings. The molecule has 0 aromatic heterocycles. The summed E-state index contributed by atoms with van der Waals surface area (Å²) in [7, 11) is 0. The number of nitrogens with one attached hydrogen (secondary N) is 3. The molecule has 0 bridgehead atoms. The average molecular weight is 485 g/mol. The van der Waals surface area contributed by atoms with Crippen LogP contribution in [0.5, 0.6) is 0 Å². The third-order valence-electron chi connectivity index (χ3n) is 4.39. The summed E-state index contributed by atoms with van der Waals surface area (Å²) in [5.41, 5.74) is -3.00. The number of amides is 3. The quantitative estimate of drug-likeness (QED) is 0.250. The molecule has 0 aromatic carbocycles. The molecule has 0 heterocycles. The second-order valence-electron chi connectivity index (χ2n) is 12.4. The molecule has 0 spiro atoms. The van der Waals surface area contributed by atoms with Gasteiger partial charge < -0.3 is 14.8 Å². The monoisotopic (exact) mass is 484 g/mol. The van der Waals surface area contributed by atoms with E-state index in [-0.39, 0.29) is 11.9 Å². The summed E-state index contributed by atoms with van der Waals surface area (Å²) in [6.07, 6.45) is 0.809. The minimum Gasteiger partial charge on any atom is -0.444 e. The van der Waals surface area contributed by atoms with Gasteiger partial charge in [0.25, 0.3) is 0 Å². The van der Waals surface area contributed by atoms with E-state index in [2.05, 4.69) is 34.8 Å². The maximum Gasteiger partial charge on any atom is 0.414 e. The van der Waals surface area contributed by atoms with Crippen LogP contribution in [-0.2, 0) is 14.3 Å². The van der Waals surface area contributed by atoms with Gasteiger partial charge in [0.2, 0.25) is 11.9 Å². The Hall–Kier alpha value is -2.32. The molecule has 9 nitrogen and oxygen atoms in total. The van der Waals surface area contributed by atoms with Crippen LogP contribution in [-0.4, -0.2) is 47.3 Å². The summed E-state index contributed by atoms with van der Waals surface area (Å²) in [5.74, 6) is 0.412. The molecule has 0 atom stereocenters. The summed E-state index contributed by atoms with van der Waals surface area (Å²) in [5, 5.41) is 7.98. The summed E-state index contributed by atoms with van der Waals surface area (Å²) in [4.78, 5) is 42.0. The lowest BCUT2D eigenvalue weighted by Gasteiger charge is -2.32. The molecule has 0 aliphatic rings. The number of ether oxygens (including phenoxy) is 2. The predicted molar refractivity (Wildman–Crippen MR) is 136 cm³/mol. The Bertz CT molecular complexity index is 697. The Balaban J connectivity index is 5.53. The third kappa shape index (κ3) is 15.5. The van der Waals surface area contributed by atoms with Gasteiger partial charge in [0.15, 0.2) is 0 Å². The van der Waals surface area contributed by atoms with E-state index in [1.165, 1.54) is 0 Å². The Kier molecular flexibility index (Phi) is 11.6. The highest BCUT2D eigenvalue weighted by molar-refractivity contribution is 6.01. The topological polar surface area (TPSA) is 118 Å². The van der Waals surface area contributed by atoms with Crippen LogP contribution in [0.1, 0.15) is 102 Å². The van der Waals surface area contributed by atoms with E-state index in [4.69, 9.17) is 9.47 Å². The first-order chi connectivity index (χ1) is 15.1. The van der Waals surface area contributed by atoms with Crippen molar-refractivity contribution in [3.05, 3.63) is 0 Å². The van der Waals surface area contributed by atoms with Crippen molar-refractivity contribution in [3.63, 3.8) is 0 Å². The molecule has 0 fully saturated rings. The first kappa shape index (κ1) is 31.7. The fourth-order valence-electron chi connectivity index (χ4n) is 3.34. The Morgan fingerprint density at radius 3 is 1.62 bits per heavy atom. The lowest BCUT2D eigenvalue weighted by molar-refractivity contribution is -0.130. The number of hydrogen-bond acceptors (Lipinski definition) is 6. The third-order valence-corrected chi connectivity index (χ3v) is 4.39. The molecule has 198 valence electrons. The maximum absolute atomic E-state index is 12.8. The van der Waals surface area contributed by atoms with Gasteiger partial charge in [0.1, 0.15) is 11.2 Å². The van der Waals surface area contributed by atoms with Crippen LogP contribution in [0, 0.1) is 11.3 Å². The molecule has 0 saturated heterocycles. The zero-order chi connectivity index (χ0) is 27.0. The number of nitrogens with zero attached hydrogens (tertiary/aromatic N) is 1. The van der Waals surface area contributed by atoms with Crippen molar-refractivity contribution in [2.75, 3.05) is 6.54 Å². The van der Waals surface area contributed by atoms with Crippen LogP contribution in [0.15, 0.2) is 4.99 Å². The zero-order valence-electron chi connectivity index (χ0n) is 23.4. The van der Waals surface area contributed by atoms with Gasteiger partial charge in [-0.2, -0.15) is 0 Å². The lowest BCUT2D eigenvalue weighted by Crippen LogP contribution is -2.49. The SMILES string of the molecule is CC(C)CCCNC(=O)C(C)(C)CC(C)(C)N=C(NC(=O)OC(C)(C)C)NC(=O)OC(C)(C)C. The van der Waals surface area contributed by atoms with Gasteiger partial charge in [-0.3, -0.25) is 15.4 Å². The highest BCUT2D eigenvalue weighted by Crippen LogP contribution is 2.30. The number of carbonyl (C=O) groups excluding carboxylic acids is 3. The molecule has 0 aliphatic heterocycles. The lowest BCUT2D eigenvalue weighted by atomic mass is 9.79. The molecule has 0 unspecified atom stereocenters. The minimum atomic E-state index is -0.807. The molecule has 0 rings (SSSR count). The number of alkyl carbamates (subject to hydrolysis) is 2. The molecule has 3 amide bonds. The zero-order valence-corrected chi connectivity index (χ0v) is 23.4. The molecule has 3 N–H and O–H groups in total. The van der Waals surface area contributed by atoms with Crippen LogP contribution in [0.2, 0.25) is 0 Å². The molecular weight excluding hydrogens is 436 g/mol. The Morgan fingerprint density at radius 1 is 0.794 bits per heavy atom. The summed E-state index contributed by atoms with van der Waals surface area (Å²) >= 11 is 0. The second kappa shape index (κ2) is 12.4. The van der Waals surface area contributed by atoms with E-state index in [9.17, 15) is 14.4 Å². The van der Waals surface area contributed by atoms with Gasteiger partial charge in [0, 0.05) is 12.0 Å². The molecule has 9 heteroatoms. The van der Waals surface area contributed by atoms with Gasteiger partial charge in [-0.15, -0.1) is 0 Å². The first-order valence-electron chi connectivity index (χ1n) is 12.0. The predicted octanol–water partition coefficient (Wildman–Crippen LogP) is 5.14. The molecule has 0 saturated carbocycles. The summed E-state index contributed by atoms with van der Waals surface area (Å²) < 4.78 is 10.6. The normalized spacial score (nSPS) is 12.6. The first-order valence-corrected chi connectivity index (χ1v) is 12.0. The fraction of sp³-hybridized carbons (Fsp3) is 0.840. The standard InChI is InChI=1S/C25H48N4O5/c1-17(2)14-13-15-26-18(30)24(9,10)16-25(11,12)29-19(27-20(31)33-22(3,4)5)28-21(32)34-23(6,7)8/h17H,13-16H2,1-12H3,(H,26,30)(H2,27,28,29,31,32). The van der Waals surface area contributed by atoms with Crippen molar-refractivity contribution in [1.29, 1.82) is 0 Å². The van der Waals surface area contributed by atoms with Gasteiger partial charge >= 0.3 is 12.2 Å². The average Bonchev–Trinajstić information content (AvgIpc) is 2.52. The highest BCUT2D eigenvalue weighted by atomic mass is 16.6. The van der Waals surface area contributed by atoms with Crippen molar-refractivity contribution in [2.45, 2.75) is 119 Å². The summed E-state index contributed by atoms with van der Waals surface area (Å²) in [6, 6.07) is 0. The second-order valence-corrected chi connectivity index (χ2v) is 12.4. The van der Waals surface area contributed by atoms with Crippen molar-refractivity contribution in [3.8, 4) is 0 Å². The van der Waals surface area contributed by atoms with Crippen molar-refractivity contribution in [1.82, 2.24) is 16.0 Å². The largest absolute Gasteiger partial charge is 0.444 e. The van der Waals surface area contributed by atoms with Gasteiger partial charge in [-0.25, -0.2) is 14.6 Å². The number of guanidine groups is 1. The summed E-state index contributed by atoms with van der Waals surface area (Å²) in [6.45, 7) is 22.7. The van der Waals surface area contributed by atoms with E-state index >= 15 is 0 Å². The highest BCUT2D eigenvalue weighted by Gasteiger charge is 2.35. The van der Waals surface area contributed by atoms with Gasteiger partial charge in [-0.1, -0.05) is 27.7 Å². The number of rotatable bonds is 8. The van der Waals surface area contributed by atoms with Crippen LogP contribution in [0.25, 0.3) is 0 Å². The fourth-order valence-corrected chi connectivity index (χ4v) is 3.34. The van der Waals surface area contributed by atoms with E-state index in [0.29, 0.717) is 18.9 Å². The minimum absolute atomic E-state index is 0.0683. The van der Waals surface area contributed by atoms with Crippen LogP contribution in [0.3, 0.4) is 0 Å². The van der Waals surface area contributed by atoms with E-state index in [1.807, 2.05) is 27.7 Å². The van der Waals surface area contributed by atoms with Crippen LogP contribution in [0.4, 0.5) is 9.59 Å². The van der Waals surface area contributed by atoms with E-state index in [1.54, 1.807) is 41.5 Å². The van der Waals surface area contributed by atoms with Crippen molar-refractivity contribution < 1.29 is 23.9 Å². The molecule has 0 aliphatic carbocycles. The molecular formula is C25H48N4O5. The molecule has 0 radical (unpaired) electrons. The Morgan fingerprint density at radius 2 is 1.24 bits per heavy atom. The van der Waals surface area contributed by atoms with Crippen molar-refractivity contribution in [2.24, 2.45) is 16.3 Å². The van der Waals surface area contributed by atoms with Crippen molar-refractivity contribution >= 4 is 24.1 Å². The maximum atomic E-state index is 12.8. The smallest absolute Gasteiger partial charge is 0.414 e. The number of hydrogen-bond donors (Lipinski definition) is 3. The number of aliphatic imine (C=N–C) groups is 1. The van der Waals surface area contributed by atoms with Gasteiger partial charge in [-0.05, 0) is 80.6 Å². The Labute approximate surface area is 206 Å². The van der Waals surface area contributed by atoms with E-state index < -0.39 is 34.3 Å².